The number of rotatable bonds is 13. The number of ether oxygens (including phenoxy) is 5. The number of carbonyl (C=O) groups excluding carboxylic acids is 1. The third-order valence-corrected chi connectivity index (χ3v) is 7.73. The van der Waals surface area contributed by atoms with E-state index in [4.69, 9.17) is 28.7 Å². The Balaban J connectivity index is 1.44. The molecule has 0 fully saturated rings. The average Bonchev–Trinajstić information content (AvgIpc) is 3.08. The van der Waals surface area contributed by atoms with Crippen molar-refractivity contribution in [1.29, 1.82) is 0 Å². The van der Waals surface area contributed by atoms with Crippen molar-refractivity contribution < 1.29 is 28.5 Å². The third kappa shape index (κ3) is 7.85. The smallest absolute Gasteiger partial charge is 0.310 e. The lowest BCUT2D eigenvalue weighted by molar-refractivity contribution is -0.142. The summed E-state index contributed by atoms with van der Waals surface area (Å²) in [5, 5.41) is 0. The van der Waals surface area contributed by atoms with Crippen LogP contribution in [0.25, 0.3) is 22.3 Å². The molecule has 0 aliphatic heterocycles. The van der Waals surface area contributed by atoms with Crippen molar-refractivity contribution in [2.75, 3.05) is 20.8 Å². The van der Waals surface area contributed by atoms with Crippen LogP contribution in [0.3, 0.4) is 0 Å². The van der Waals surface area contributed by atoms with Gasteiger partial charge in [-0.25, -0.2) is 0 Å². The van der Waals surface area contributed by atoms with E-state index in [1.54, 1.807) is 14.2 Å². The van der Waals surface area contributed by atoms with Crippen molar-refractivity contribution >= 4 is 5.97 Å². The standard InChI is InChI=1S/C39H39NO6/c1-6-44-37(41)23-36-26(2)40-27(3)38(30-11-19-34(20-12-30)45-24-28-7-15-32(42-4)16-8-28)39(36)31-13-21-35(22-14-31)46-25-29-9-17-33(43-5)18-10-29/h7-22H,6,23-25H2,1-5H3. The average molecular weight is 618 g/mol. The maximum Gasteiger partial charge on any atom is 0.310 e. The highest BCUT2D eigenvalue weighted by molar-refractivity contribution is 5.90. The van der Waals surface area contributed by atoms with Gasteiger partial charge in [0.2, 0.25) is 0 Å². The minimum absolute atomic E-state index is 0.119. The predicted molar refractivity (Wildman–Crippen MR) is 180 cm³/mol. The first kappa shape index (κ1) is 32.1. The summed E-state index contributed by atoms with van der Waals surface area (Å²) >= 11 is 0. The first-order valence-corrected chi connectivity index (χ1v) is 15.3. The van der Waals surface area contributed by atoms with Gasteiger partial charge in [0.1, 0.15) is 36.2 Å². The monoisotopic (exact) mass is 617 g/mol. The van der Waals surface area contributed by atoms with Gasteiger partial charge in [0, 0.05) is 17.0 Å². The van der Waals surface area contributed by atoms with Gasteiger partial charge >= 0.3 is 5.97 Å². The van der Waals surface area contributed by atoms with Crippen LogP contribution in [0.15, 0.2) is 97.1 Å². The molecule has 0 unspecified atom stereocenters. The number of benzene rings is 4. The number of aromatic nitrogens is 1. The van der Waals surface area contributed by atoms with E-state index < -0.39 is 0 Å². The van der Waals surface area contributed by atoms with Crippen molar-refractivity contribution in [3.8, 4) is 45.3 Å². The summed E-state index contributed by atoms with van der Waals surface area (Å²) in [7, 11) is 3.30. The predicted octanol–water partition coefficient (Wildman–Crippen LogP) is 8.31. The van der Waals surface area contributed by atoms with Crippen LogP contribution < -0.4 is 18.9 Å². The normalized spacial score (nSPS) is 10.7. The molecule has 0 atom stereocenters. The van der Waals surface area contributed by atoms with Gasteiger partial charge in [-0.05, 0) is 103 Å². The summed E-state index contributed by atoms with van der Waals surface area (Å²) in [5.41, 5.74) is 8.43. The molecule has 0 N–H and O–H groups in total. The molecule has 0 bridgehead atoms. The molecule has 236 valence electrons. The summed E-state index contributed by atoms with van der Waals surface area (Å²) in [5.74, 6) is 2.83. The van der Waals surface area contributed by atoms with Gasteiger partial charge in [0.15, 0.2) is 0 Å². The maximum atomic E-state index is 12.8. The molecule has 5 aromatic rings. The Morgan fingerprint density at radius 1 is 0.587 bits per heavy atom. The molecule has 1 heterocycles. The summed E-state index contributed by atoms with van der Waals surface area (Å²) in [6.45, 7) is 6.95. The zero-order chi connectivity index (χ0) is 32.5. The van der Waals surface area contributed by atoms with E-state index in [-0.39, 0.29) is 12.4 Å². The maximum absolute atomic E-state index is 12.8. The van der Waals surface area contributed by atoms with Gasteiger partial charge < -0.3 is 23.7 Å². The lowest BCUT2D eigenvalue weighted by Gasteiger charge is -2.20. The molecule has 7 heteroatoms. The fourth-order valence-electron chi connectivity index (χ4n) is 5.34. The van der Waals surface area contributed by atoms with Gasteiger partial charge in [0.05, 0.1) is 27.2 Å². The SMILES string of the molecule is CCOC(=O)Cc1c(C)nc(C)c(-c2ccc(OCc3ccc(OC)cc3)cc2)c1-c1ccc(OCc2ccc(OC)cc2)cc1. The molecule has 46 heavy (non-hydrogen) atoms. The number of esters is 1. The summed E-state index contributed by atoms with van der Waals surface area (Å²) in [4.78, 5) is 17.6. The molecule has 7 nitrogen and oxygen atoms in total. The number of nitrogens with zero attached hydrogens (tertiary/aromatic N) is 1. The number of methoxy groups -OCH3 is 2. The molecule has 0 saturated heterocycles. The molecule has 4 aromatic carbocycles. The topological polar surface area (TPSA) is 76.1 Å². The zero-order valence-electron chi connectivity index (χ0n) is 27.0. The fraction of sp³-hybridized carbons (Fsp3) is 0.231. The van der Waals surface area contributed by atoms with E-state index in [1.807, 2.05) is 118 Å². The first-order chi connectivity index (χ1) is 22.4. The van der Waals surface area contributed by atoms with E-state index >= 15 is 0 Å². The Labute approximate surface area is 270 Å². The van der Waals surface area contributed by atoms with Gasteiger partial charge in [-0.15, -0.1) is 0 Å². The van der Waals surface area contributed by atoms with E-state index in [0.717, 1.165) is 73.3 Å². The van der Waals surface area contributed by atoms with Gasteiger partial charge in [-0.2, -0.15) is 0 Å². The molecule has 0 aliphatic carbocycles. The quantitative estimate of drug-likeness (QED) is 0.123. The van der Waals surface area contributed by atoms with Gasteiger partial charge in [-0.3, -0.25) is 9.78 Å². The number of pyridine rings is 1. The highest BCUT2D eigenvalue weighted by atomic mass is 16.5. The summed E-state index contributed by atoms with van der Waals surface area (Å²) in [6, 6.07) is 31.6. The number of hydrogen-bond donors (Lipinski definition) is 0. The molecular weight excluding hydrogens is 578 g/mol. The van der Waals surface area contributed by atoms with Crippen molar-refractivity contribution in [2.45, 2.75) is 40.4 Å². The van der Waals surface area contributed by atoms with Crippen LogP contribution >= 0.6 is 0 Å². The van der Waals surface area contributed by atoms with Crippen molar-refractivity contribution in [3.63, 3.8) is 0 Å². The van der Waals surface area contributed by atoms with Crippen LogP contribution in [0.4, 0.5) is 0 Å². The summed E-state index contributed by atoms with van der Waals surface area (Å²) in [6.07, 6.45) is 0.119. The number of aryl methyl sites for hydroxylation is 2. The van der Waals surface area contributed by atoms with Crippen LogP contribution in [0.1, 0.15) is 35.0 Å². The zero-order valence-corrected chi connectivity index (χ0v) is 27.0. The molecule has 1 aromatic heterocycles. The Morgan fingerprint density at radius 2 is 1.02 bits per heavy atom. The Bertz CT molecular complexity index is 1750. The molecular formula is C39H39NO6. The van der Waals surface area contributed by atoms with E-state index in [9.17, 15) is 4.79 Å². The van der Waals surface area contributed by atoms with Crippen LogP contribution in [-0.4, -0.2) is 31.8 Å². The highest BCUT2D eigenvalue weighted by Gasteiger charge is 2.21. The minimum atomic E-state index is -0.287. The molecule has 0 amide bonds. The molecule has 0 saturated carbocycles. The Morgan fingerprint density at radius 3 is 1.46 bits per heavy atom. The van der Waals surface area contributed by atoms with Crippen molar-refractivity contribution in [1.82, 2.24) is 4.98 Å². The molecule has 5 rings (SSSR count). The first-order valence-electron chi connectivity index (χ1n) is 15.3. The highest BCUT2D eigenvalue weighted by Crippen LogP contribution is 2.39. The molecule has 0 radical (unpaired) electrons. The lowest BCUT2D eigenvalue weighted by Crippen LogP contribution is -2.12. The molecule has 0 spiro atoms. The second-order valence-corrected chi connectivity index (χ2v) is 10.8. The van der Waals surface area contributed by atoms with Crippen LogP contribution in [0.5, 0.6) is 23.0 Å². The largest absolute Gasteiger partial charge is 0.497 e. The van der Waals surface area contributed by atoms with Crippen LogP contribution in [-0.2, 0) is 29.2 Å². The van der Waals surface area contributed by atoms with Gasteiger partial charge in [-0.1, -0.05) is 48.5 Å². The van der Waals surface area contributed by atoms with E-state index in [0.29, 0.717) is 19.8 Å². The second kappa shape index (κ2) is 15.1. The fourth-order valence-corrected chi connectivity index (χ4v) is 5.34. The number of hydrogen-bond acceptors (Lipinski definition) is 7. The van der Waals surface area contributed by atoms with E-state index in [2.05, 4.69) is 0 Å². The van der Waals surface area contributed by atoms with E-state index in [1.165, 1.54) is 0 Å². The Hall–Kier alpha value is -5.30. The van der Waals surface area contributed by atoms with Crippen molar-refractivity contribution in [3.05, 3.63) is 125 Å². The van der Waals surface area contributed by atoms with Crippen molar-refractivity contribution in [2.24, 2.45) is 0 Å². The molecule has 0 aliphatic rings. The minimum Gasteiger partial charge on any atom is -0.497 e. The third-order valence-electron chi connectivity index (χ3n) is 7.73. The Kier molecular flexibility index (Phi) is 10.6. The van der Waals surface area contributed by atoms with Crippen LogP contribution in [0, 0.1) is 13.8 Å². The van der Waals surface area contributed by atoms with Gasteiger partial charge in [0.25, 0.3) is 0 Å². The second-order valence-electron chi connectivity index (χ2n) is 10.8. The lowest BCUT2D eigenvalue weighted by atomic mass is 9.87. The summed E-state index contributed by atoms with van der Waals surface area (Å²) < 4.78 is 28.0. The number of carbonyl (C=O) groups is 1. The van der Waals surface area contributed by atoms with Crippen LogP contribution in [0.2, 0.25) is 0 Å².